The van der Waals surface area contributed by atoms with E-state index in [9.17, 15) is 19.6 Å². The smallest absolute Gasteiger partial charge is 0.309 e. The summed E-state index contributed by atoms with van der Waals surface area (Å²) < 4.78 is 7.44. The third-order valence-corrected chi connectivity index (χ3v) is 8.26. The van der Waals surface area contributed by atoms with Crippen LogP contribution in [0.4, 0.5) is 5.82 Å². The van der Waals surface area contributed by atoms with E-state index in [4.69, 9.17) is 17.0 Å². The lowest BCUT2D eigenvalue weighted by atomic mass is 9.95. The van der Waals surface area contributed by atoms with Gasteiger partial charge in [0, 0.05) is 31.7 Å². The first-order chi connectivity index (χ1) is 17.8. The fraction of sp³-hybridized carbons (Fsp3) is 0.593. The van der Waals surface area contributed by atoms with Gasteiger partial charge < -0.3 is 9.64 Å². The molecule has 0 spiro atoms. The molecule has 0 unspecified atom stereocenters. The van der Waals surface area contributed by atoms with Crippen LogP contribution in [0.5, 0.6) is 0 Å². The van der Waals surface area contributed by atoms with Crippen molar-refractivity contribution in [2.75, 3.05) is 31.1 Å². The second kappa shape index (κ2) is 13.2. The molecule has 37 heavy (non-hydrogen) atoms. The summed E-state index contributed by atoms with van der Waals surface area (Å²) in [7, 11) is 0. The Morgan fingerprint density at radius 1 is 1.16 bits per heavy atom. The Labute approximate surface area is 228 Å². The molecule has 0 aromatic carbocycles. The van der Waals surface area contributed by atoms with Gasteiger partial charge in [-0.3, -0.25) is 23.9 Å². The van der Waals surface area contributed by atoms with Crippen LogP contribution in [0.3, 0.4) is 0 Å². The van der Waals surface area contributed by atoms with Gasteiger partial charge in [0.25, 0.3) is 11.5 Å². The minimum Gasteiger partial charge on any atom is -0.466 e. The van der Waals surface area contributed by atoms with E-state index in [0.29, 0.717) is 71.8 Å². The van der Waals surface area contributed by atoms with Gasteiger partial charge in [0.1, 0.15) is 21.8 Å². The van der Waals surface area contributed by atoms with Crippen LogP contribution in [0.25, 0.3) is 6.08 Å². The van der Waals surface area contributed by atoms with Gasteiger partial charge in [0.2, 0.25) is 0 Å². The average molecular weight is 545 g/mol. The zero-order valence-electron chi connectivity index (χ0n) is 22.2. The zero-order valence-corrected chi connectivity index (χ0v) is 23.8. The molecule has 0 radical (unpaired) electrons. The number of piperidine rings is 1. The highest BCUT2D eigenvalue weighted by Gasteiger charge is 2.34. The highest BCUT2D eigenvalue weighted by Crippen LogP contribution is 2.37. The fourth-order valence-electron chi connectivity index (χ4n) is 4.74. The highest BCUT2D eigenvalue weighted by molar-refractivity contribution is 8.26. The molecule has 3 rings (SSSR count). The lowest BCUT2D eigenvalue weighted by Crippen LogP contribution is -2.41. The Morgan fingerprint density at radius 3 is 2.41 bits per heavy atom. The summed E-state index contributed by atoms with van der Waals surface area (Å²) in [5, 5.41) is 9.87. The van der Waals surface area contributed by atoms with Crippen molar-refractivity contribution in [3.05, 3.63) is 31.9 Å². The summed E-state index contributed by atoms with van der Waals surface area (Å²) in [6.45, 7) is 10.2. The van der Waals surface area contributed by atoms with Gasteiger partial charge in [-0.15, -0.1) is 0 Å². The van der Waals surface area contributed by atoms with E-state index in [1.807, 2.05) is 0 Å². The van der Waals surface area contributed by atoms with Crippen LogP contribution in [0.15, 0.2) is 9.70 Å². The minimum atomic E-state index is -0.316. The van der Waals surface area contributed by atoms with Crippen molar-refractivity contribution >= 4 is 52.1 Å². The summed E-state index contributed by atoms with van der Waals surface area (Å²) >= 11 is 6.75. The number of pyridine rings is 1. The van der Waals surface area contributed by atoms with Crippen LogP contribution in [0.1, 0.15) is 76.0 Å². The van der Waals surface area contributed by atoms with Crippen LogP contribution < -0.4 is 10.5 Å². The van der Waals surface area contributed by atoms with Crippen molar-refractivity contribution in [3.8, 4) is 6.07 Å². The number of nitriles is 1. The Morgan fingerprint density at radius 2 is 1.81 bits per heavy atom. The van der Waals surface area contributed by atoms with E-state index in [0.717, 1.165) is 25.7 Å². The topological polar surface area (TPSA) is 95.6 Å². The number of hydrogen-bond donors (Lipinski definition) is 0. The summed E-state index contributed by atoms with van der Waals surface area (Å²) in [6, 6.07) is 2.10. The van der Waals surface area contributed by atoms with Crippen LogP contribution >= 0.6 is 24.0 Å². The Kier molecular flexibility index (Phi) is 10.4. The van der Waals surface area contributed by atoms with Crippen molar-refractivity contribution < 1.29 is 14.3 Å². The molecular formula is C27H36N4O4S2. The molecule has 2 aliphatic rings. The van der Waals surface area contributed by atoms with Gasteiger partial charge in [0.15, 0.2) is 0 Å². The lowest BCUT2D eigenvalue weighted by molar-refractivity contribution is -0.148. The number of unbranched alkanes of at least 4 members (excludes halogenated alkanes) is 2. The van der Waals surface area contributed by atoms with Crippen molar-refractivity contribution in [1.82, 2.24) is 9.47 Å². The van der Waals surface area contributed by atoms with E-state index in [1.165, 1.54) is 11.8 Å². The first-order valence-electron chi connectivity index (χ1n) is 13.1. The number of hydrogen-bond acceptors (Lipinski definition) is 8. The maximum atomic E-state index is 13.4. The van der Waals surface area contributed by atoms with Gasteiger partial charge in [-0.2, -0.15) is 5.26 Å². The van der Waals surface area contributed by atoms with Crippen LogP contribution in [0, 0.1) is 24.2 Å². The molecule has 0 atom stereocenters. The molecule has 8 nitrogen and oxygen atoms in total. The van der Waals surface area contributed by atoms with Crippen LogP contribution in [0.2, 0.25) is 0 Å². The van der Waals surface area contributed by atoms with Gasteiger partial charge in [0.05, 0.1) is 17.4 Å². The van der Waals surface area contributed by atoms with E-state index in [2.05, 4.69) is 24.8 Å². The summed E-state index contributed by atoms with van der Waals surface area (Å²) in [5.41, 5.74) is 1.03. The van der Waals surface area contributed by atoms with Crippen LogP contribution in [-0.2, 0) is 20.9 Å². The molecular weight excluding hydrogens is 508 g/mol. The largest absolute Gasteiger partial charge is 0.466 e. The normalized spacial score (nSPS) is 17.5. The number of amides is 1. The van der Waals surface area contributed by atoms with Crippen molar-refractivity contribution in [3.63, 3.8) is 0 Å². The molecule has 3 heterocycles. The van der Waals surface area contributed by atoms with E-state index in [1.54, 1.807) is 29.4 Å². The maximum absolute atomic E-state index is 13.4. The first kappa shape index (κ1) is 28.9. The van der Waals surface area contributed by atoms with E-state index >= 15 is 0 Å². The number of esters is 1. The van der Waals surface area contributed by atoms with E-state index < -0.39 is 0 Å². The number of aromatic nitrogens is 1. The zero-order chi connectivity index (χ0) is 27.1. The van der Waals surface area contributed by atoms with E-state index in [-0.39, 0.29) is 28.9 Å². The maximum Gasteiger partial charge on any atom is 0.309 e. The molecule has 1 aromatic rings. The predicted octanol–water partition coefficient (Wildman–Crippen LogP) is 4.61. The molecule has 0 N–H and O–H groups in total. The minimum absolute atomic E-state index is 0.0916. The van der Waals surface area contributed by atoms with Gasteiger partial charge >= 0.3 is 5.97 Å². The number of carbonyl (C=O) groups excluding carboxylic acids is 2. The Balaban J connectivity index is 2.11. The fourth-order valence-corrected chi connectivity index (χ4v) is 6.03. The van der Waals surface area contributed by atoms with Crippen molar-refractivity contribution in [2.45, 2.75) is 72.8 Å². The predicted molar refractivity (Wildman–Crippen MR) is 151 cm³/mol. The number of thioether (sulfide) groups is 1. The SMILES string of the molecule is CCCCN1C(=O)/C(=C\c2c(C)c(C#N)c(=O)n(CCCC)c2N2CCC(C(=O)OCC)CC2)SC1=S. The monoisotopic (exact) mass is 544 g/mol. The number of rotatable bonds is 10. The molecule has 1 aromatic heterocycles. The van der Waals surface area contributed by atoms with Crippen molar-refractivity contribution in [1.29, 1.82) is 5.26 Å². The molecule has 2 saturated heterocycles. The highest BCUT2D eigenvalue weighted by atomic mass is 32.2. The number of carbonyl (C=O) groups is 2. The Bertz CT molecular complexity index is 1180. The quantitative estimate of drug-likeness (QED) is 0.239. The third kappa shape index (κ3) is 6.27. The second-order valence-corrected chi connectivity index (χ2v) is 11.0. The number of anilines is 1. The van der Waals surface area contributed by atoms with Gasteiger partial charge in [-0.1, -0.05) is 50.7 Å². The molecule has 0 bridgehead atoms. The Hall–Kier alpha value is -2.64. The molecule has 2 aliphatic heterocycles. The first-order valence-corrected chi connectivity index (χ1v) is 14.4. The number of ether oxygens (including phenoxy) is 1. The number of nitrogens with zero attached hydrogens (tertiary/aromatic N) is 4. The molecule has 10 heteroatoms. The summed E-state index contributed by atoms with van der Waals surface area (Å²) in [5.74, 6) is 0.206. The lowest BCUT2D eigenvalue weighted by Gasteiger charge is -2.35. The summed E-state index contributed by atoms with van der Waals surface area (Å²) in [6.07, 6.45) is 6.50. The molecule has 2 fully saturated rings. The standard InChI is InChI=1S/C27H36N4O4S2/c1-5-8-12-30-23(29-14-10-19(11-15-29)26(34)35-7-3)20(18(4)21(17-28)24(30)32)16-22-25(33)31(13-9-6-2)27(36)37-22/h16,19H,5-15H2,1-4H3/b22-16+. The molecule has 0 aliphatic carbocycles. The second-order valence-electron chi connectivity index (χ2n) is 9.36. The molecule has 200 valence electrons. The number of thiocarbonyl (C=S) groups is 1. The van der Waals surface area contributed by atoms with Crippen molar-refractivity contribution in [2.24, 2.45) is 5.92 Å². The molecule has 1 amide bonds. The molecule has 0 saturated carbocycles. The summed E-state index contributed by atoms with van der Waals surface area (Å²) in [4.78, 5) is 43.2. The van der Waals surface area contributed by atoms with Gasteiger partial charge in [-0.05, 0) is 51.2 Å². The third-order valence-electron chi connectivity index (χ3n) is 6.88. The average Bonchev–Trinajstić information content (AvgIpc) is 3.15. The van der Waals surface area contributed by atoms with Gasteiger partial charge in [-0.25, -0.2) is 0 Å². The van der Waals surface area contributed by atoms with Crippen LogP contribution in [-0.4, -0.2) is 51.9 Å².